The molecule has 0 saturated carbocycles. The van der Waals surface area contributed by atoms with Gasteiger partial charge in [-0.05, 0) is 41.5 Å². The lowest BCUT2D eigenvalue weighted by molar-refractivity contribution is -0.152. The molecule has 0 spiro atoms. The van der Waals surface area contributed by atoms with Crippen LogP contribution in [0.4, 0.5) is 0 Å². The molecule has 170 valence electrons. The highest BCUT2D eigenvalue weighted by Gasteiger charge is 2.68. The van der Waals surface area contributed by atoms with Crippen LogP contribution in [0, 0.1) is 11.3 Å². The number of aliphatic hydroxyl groups is 2. The molecule has 2 heterocycles. The monoisotopic (exact) mass is 442 g/mol. The zero-order chi connectivity index (χ0) is 23.8. The first kappa shape index (κ1) is 26.4. The minimum absolute atomic E-state index is 0.217. The zero-order valence-corrected chi connectivity index (χ0v) is 20.9. The molecule has 4 radical (unpaired) electrons. The van der Waals surface area contributed by atoms with E-state index >= 15 is 0 Å². The van der Waals surface area contributed by atoms with Crippen LogP contribution in [0.1, 0.15) is 62.3 Å². The summed E-state index contributed by atoms with van der Waals surface area (Å²) in [4.78, 5) is 0. The van der Waals surface area contributed by atoms with Gasteiger partial charge in [0, 0.05) is 29.0 Å². The van der Waals surface area contributed by atoms with Gasteiger partial charge in [0.2, 0.25) is 0 Å². The van der Waals surface area contributed by atoms with Crippen LogP contribution in [0.15, 0.2) is 0 Å². The molecule has 30 heavy (non-hydrogen) atoms. The lowest BCUT2D eigenvalue weighted by Gasteiger charge is -2.44. The Bertz CT molecular complexity index is 741. The standard InChI is InChI=1S/C20H37B2O7P/c1-13-17(6,15(4,11-23)27-18(13,7)21)29-30(10,25)26-12-16(5)19(8,24)14(2,3)20(9,22)28-16/h13,23-24H,11-12H2,1-10H3/t13?,15-,16-,17-,18-,19-,20-,30?/m1/s1. The molecule has 2 aliphatic heterocycles. The lowest BCUT2D eigenvalue weighted by Crippen LogP contribution is -2.57. The van der Waals surface area contributed by atoms with Crippen molar-refractivity contribution in [3.05, 3.63) is 0 Å². The number of ether oxygens (including phenoxy) is 2. The molecule has 10 heteroatoms. The van der Waals surface area contributed by atoms with E-state index in [4.69, 9.17) is 34.2 Å². The largest absolute Gasteiger partial charge is 0.393 e. The first-order valence-electron chi connectivity index (χ1n) is 10.3. The Kier molecular flexibility index (Phi) is 6.20. The molecule has 0 bridgehead atoms. The highest BCUT2D eigenvalue weighted by molar-refractivity contribution is 7.53. The predicted octanol–water partition coefficient (Wildman–Crippen LogP) is 2.35. The second-order valence-electron chi connectivity index (χ2n) is 10.8. The van der Waals surface area contributed by atoms with Gasteiger partial charge in [0.15, 0.2) is 0 Å². The van der Waals surface area contributed by atoms with Gasteiger partial charge in [-0.15, -0.1) is 0 Å². The van der Waals surface area contributed by atoms with Crippen LogP contribution in [-0.2, 0) is 23.1 Å². The number of hydrogen-bond acceptors (Lipinski definition) is 7. The fourth-order valence-corrected chi connectivity index (χ4v) is 6.24. The van der Waals surface area contributed by atoms with E-state index < -0.39 is 52.3 Å². The van der Waals surface area contributed by atoms with Gasteiger partial charge in [0.1, 0.15) is 32.5 Å². The highest BCUT2D eigenvalue weighted by Crippen LogP contribution is 2.61. The van der Waals surface area contributed by atoms with E-state index in [0.29, 0.717) is 0 Å². The van der Waals surface area contributed by atoms with Crippen molar-refractivity contribution in [1.29, 1.82) is 0 Å². The second kappa shape index (κ2) is 7.06. The molecular formula is C20H37B2O7P. The molecule has 2 saturated heterocycles. The summed E-state index contributed by atoms with van der Waals surface area (Å²) in [5.41, 5.74) is -8.05. The van der Waals surface area contributed by atoms with Crippen LogP contribution < -0.4 is 0 Å². The molecule has 7 nitrogen and oxygen atoms in total. The van der Waals surface area contributed by atoms with E-state index in [0.717, 1.165) is 0 Å². The number of hydrogen-bond donors (Lipinski definition) is 2. The van der Waals surface area contributed by atoms with Gasteiger partial charge in [-0.1, -0.05) is 20.8 Å². The molecule has 0 aliphatic carbocycles. The van der Waals surface area contributed by atoms with Crippen molar-refractivity contribution >= 4 is 23.3 Å². The van der Waals surface area contributed by atoms with Crippen molar-refractivity contribution in [3.63, 3.8) is 0 Å². The molecule has 2 aliphatic rings. The van der Waals surface area contributed by atoms with Crippen molar-refractivity contribution in [2.75, 3.05) is 19.9 Å². The van der Waals surface area contributed by atoms with Gasteiger partial charge in [-0.2, -0.15) is 0 Å². The minimum atomic E-state index is -3.71. The third-order valence-corrected chi connectivity index (χ3v) is 9.65. The summed E-state index contributed by atoms with van der Waals surface area (Å²) in [6, 6.07) is 0. The molecule has 0 aromatic heterocycles. The molecule has 2 N–H and O–H groups in total. The van der Waals surface area contributed by atoms with E-state index in [-0.39, 0.29) is 13.2 Å². The summed E-state index contributed by atoms with van der Waals surface area (Å²) in [7, 11) is 8.84. The highest BCUT2D eigenvalue weighted by atomic mass is 31.2. The van der Waals surface area contributed by atoms with Crippen molar-refractivity contribution in [3.8, 4) is 0 Å². The fourth-order valence-electron chi connectivity index (χ4n) is 4.67. The SMILES string of the molecule is [B][C@]1(C)O[C@](C)(CO)[C@](C)(OP(C)(=O)OC[C@@]2(C)O[C@]([B])(C)C(C)(C)[C@@]2(C)O)C1C. The summed E-state index contributed by atoms with van der Waals surface area (Å²) >= 11 is 0. The summed E-state index contributed by atoms with van der Waals surface area (Å²) in [5, 5.41) is 21.2. The van der Waals surface area contributed by atoms with Gasteiger partial charge in [0.05, 0.1) is 18.8 Å². The predicted molar refractivity (Wildman–Crippen MR) is 117 cm³/mol. The van der Waals surface area contributed by atoms with Gasteiger partial charge in [-0.25, -0.2) is 0 Å². The Morgan fingerprint density at radius 1 is 1.00 bits per heavy atom. The van der Waals surface area contributed by atoms with Crippen LogP contribution in [0.2, 0.25) is 0 Å². The maximum absolute atomic E-state index is 13.4. The topological polar surface area (TPSA) is 94.5 Å². The third-order valence-electron chi connectivity index (χ3n) is 8.34. The first-order valence-corrected chi connectivity index (χ1v) is 12.3. The van der Waals surface area contributed by atoms with Crippen LogP contribution in [0.3, 0.4) is 0 Å². The van der Waals surface area contributed by atoms with Crippen LogP contribution >= 0.6 is 7.60 Å². The first-order chi connectivity index (χ1) is 13.0. The van der Waals surface area contributed by atoms with E-state index in [2.05, 4.69) is 0 Å². The summed E-state index contributed by atoms with van der Waals surface area (Å²) in [5.74, 6) is -0.410. The Labute approximate surface area is 183 Å². The van der Waals surface area contributed by atoms with Crippen molar-refractivity contribution in [2.45, 2.75) is 95.7 Å². The Morgan fingerprint density at radius 2 is 1.50 bits per heavy atom. The minimum Gasteiger partial charge on any atom is -0.393 e. The molecule has 8 atom stereocenters. The van der Waals surface area contributed by atoms with Crippen LogP contribution in [0.25, 0.3) is 0 Å². The molecule has 2 fully saturated rings. The van der Waals surface area contributed by atoms with Crippen molar-refractivity contribution in [2.24, 2.45) is 11.3 Å². The lowest BCUT2D eigenvalue weighted by atomic mass is 9.57. The number of rotatable bonds is 6. The third kappa shape index (κ3) is 3.57. The molecule has 0 aromatic carbocycles. The van der Waals surface area contributed by atoms with Crippen molar-refractivity contribution < 1.29 is 33.3 Å². The maximum Gasteiger partial charge on any atom is 0.328 e. The van der Waals surface area contributed by atoms with Crippen molar-refractivity contribution in [1.82, 2.24) is 0 Å². The smallest absolute Gasteiger partial charge is 0.328 e. The normalized spacial score (nSPS) is 53.0. The quantitative estimate of drug-likeness (QED) is 0.482. The fraction of sp³-hybridized carbons (Fsp3) is 1.00. The average Bonchev–Trinajstić information content (AvgIpc) is 2.75. The van der Waals surface area contributed by atoms with Crippen LogP contribution in [0.5, 0.6) is 0 Å². The van der Waals surface area contributed by atoms with E-state index in [1.165, 1.54) is 6.66 Å². The molecule has 0 amide bonds. The molecular weight excluding hydrogens is 405 g/mol. The zero-order valence-electron chi connectivity index (χ0n) is 20.0. The Hall–Kier alpha value is 0.120. The average molecular weight is 442 g/mol. The Balaban J connectivity index is 2.27. The second-order valence-corrected chi connectivity index (χ2v) is 12.8. The van der Waals surface area contributed by atoms with E-state index in [9.17, 15) is 14.8 Å². The molecule has 0 aromatic rings. The summed E-state index contributed by atoms with van der Waals surface area (Å²) in [6.45, 7) is 16.2. The van der Waals surface area contributed by atoms with E-state index in [1.807, 2.05) is 20.8 Å². The van der Waals surface area contributed by atoms with Gasteiger partial charge in [0.25, 0.3) is 0 Å². The van der Waals surface area contributed by atoms with Gasteiger partial charge >= 0.3 is 7.60 Å². The van der Waals surface area contributed by atoms with Gasteiger partial charge < -0.3 is 24.2 Å². The molecule has 2 unspecified atom stereocenters. The van der Waals surface area contributed by atoms with Gasteiger partial charge in [-0.3, -0.25) is 9.09 Å². The maximum atomic E-state index is 13.4. The van der Waals surface area contributed by atoms with Crippen LogP contribution in [-0.4, -0.2) is 79.2 Å². The molecule has 2 rings (SSSR count). The summed E-state index contributed by atoms with van der Waals surface area (Å²) in [6.07, 6.45) is 0. The Morgan fingerprint density at radius 3 is 1.90 bits per heavy atom. The number of aliphatic hydroxyl groups excluding tert-OH is 1. The summed E-state index contributed by atoms with van der Waals surface area (Å²) < 4.78 is 37.0. The van der Waals surface area contributed by atoms with E-state index in [1.54, 1.807) is 41.5 Å².